The summed E-state index contributed by atoms with van der Waals surface area (Å²) in [5.74, 6) is 0.0908. The molecule has 0 fully saturated rings. The number of aryl methyl sites for hydroxylation is 2. The molecule has 2 rings (SSSR count). The maximum absolute atomic E-state index is 12.5. The van der Waals surface area contributed by atoms with Gasteiger partial charge in [0.1, 0.15) is 0 Å². The maximum Gasteiger partial charge on any atom is 0.194 e. The van der Waals surface area contributed by atoms with Crippen molar-refractivity contribution in [1.82, 2.24) is 0 Å². The predicted molar refractivity (Wildman–Crippen MR) is 86.2 cm³/mol. The van der Waals surface area contributed by atoms with Crippen molar-refractivity contribution in [1.29, 1.82) is 0 Å². The third kappa shape index (κ3) is 2.67. The Kier molecular flexibility index (Phi) is 4.22. The van der Waals surface area contributed by atoms with Crippen LogP contribution in [0.2, 0.25) is 0 Å². The smallest absolute Gasteiger partial charge is 0.194 e. The van der Waals surface area contributed by atoms with Gasteiger partial charge in [-0.1, -0.05) is 28.1 Å². The van der Waals surface area contributed by atoms with E-state index in [1.165, 1.54) is 0 Å². The first-order valence-electron chi connectivity index (χ1n) is 5.56. The summed E-state index contributed by atoms with van der Waals surface area (Å²) in [5.41, 5.74) is 3.62. The van der Waals surface area contributed by atoms with E-state index >= 15 is 0 Å². The molecule has 18 heavy (non-hydrogen) atoms. The molecule has 0 aliphatic heterocycles. The van der Waals surface area contributed by atoms with E-state index in [1.807, 2.05) is 50.2 Å². The minimum absolute atomic E-state index is 0.0908. The molecule has 3 heteroatoms. The molecule has 2 aromatic carbocycles. The topological polar surface area (TPSA) is 17.1 Å². The molecule has 1 nitrogen and oxygen atoms in total. The molecule has 0 saturated carbocycles. The number of benzene rings is 2. The van der Waals surface area contributed by atoms with Gasteiger partial charge in [0.15, 0.2) is 5.78 Å². The molecule has 0 spiro atoms. The van der Waals surface area contributed by atoms with Crippen LogP contribution in [0.15, 0.2) is 40.9 Å². The van der Waals surface area contributed by atoms with E-state index < -0.39 is 0 Å². The number of ketones is 1. The van der Waals surface area contributed by atoms with E-state index in [0.717, 1.165) is 30.3 Å². The molecule has 0 saturated heterocycles. The van der Waals surface area contributed by atoms with Gasteiger partial charge in [0.2, 0.25) is 0 Å². The normalized spacial score (nSPS) is 10.4. The molecule has 0 radical (unpaired) electrons. The van der Waals surface area contributed by atoms with Crippen LogP contribution < -0.4 is 0 Å². The second kappa shape index (κ2) is 5.53. The molecule has 0 aliphatic carbocycles. The fraction of sp³-hybridized carbons (Fsp3) is 0.133. The van der Waals surface area contributed by atoms with Gasteiger partial charge in [-0.15, -0.1) is 0 Å². The van der Waals surface area contributed by atoms with Gasteiger partial charge in [-0.25, -0.2) is 0 Å². The van der Waals surface area contributed by atoms with Gasteiger partial charge in [0.25, 0.3) is 0 Å². The highest BCUT2D eigenvalue weighted by Crippen LogP contribution is 2.24. The SMILES string of the molecule is Cc1cc(C(=O)c2ccccc2I)c(C)cc1Br. The summed E-state index contributed by atoms with van der Waals surface area (Å²) < 4.78 is 2.03. The third-order valence-electron chi connectivity index (χ3n) is 2.87. The van der Waals surface area contributed by atoms with Gasteiger partial charge in [-0.2, -0.15) is 0 Å². The standard InChI is InChI=1S/C15H12BrIO/c1-9-8-13(16)10(2)7-12(9)15(18)11-5-3-4-6-14(11)17/h3-8H,1-2H3. The van der Waals surface area contributed by atoms with Crippen LogP contribution in [0.3, 0.4) is 0 Å². The quantitative estimate of drug-likeness (QED) is 0.504. The molecule has 0 amide bonds. The highest BCUT2D eigenvalue weighted by Gasteiger charge is 2.15. The second-order valence-electron chi connectivity index (χ2n) is 4.23. The minimum atomic E-state index is 0.0908. The van der Waals surface area contributed by atoms with Crippen LogP contribution in [0, 0.1) is 17.4 Å². The average molecular weight is 415 g/mol. The van der Waals surface area contributed by atoms with Gasteiger partial charge in [0, 0.05) is 19.2 Å². The molecular formula is C15H12BrIO. The summed E-state index contributed by atoms with van der Waals surface area (Å²) in [5, 5.41) is 0. The largest absolute Gasteiger partial charge is 0.289 e. The van der Waals surface area contributed by atoms with E-state index in [4.69, 9.17) is 0 Å². The van der Waals surface area contributed by atoms with E-state index in [9.17, 15) is 4.79 Å². The number of carbonyl (C=O) groups is 1. The summed E-state index contributed by atoms with van der Waals surface area (Å²) in [6.45, 7) is 3.96. The van der Waals surface area contributed by atoms with Crippen molar-refractivity contribution in [3.05, 3.63) is 66.7 Å². The molecule has 2 aromatic rings. The van der Waals surface area contributed by atoms with Crippen LogP contribution in [0.25, 0.3) is 0 Å². The first-order valence-corrected chi connectivity index (χ1v) is 7.44. The van der Waals surface area contributed by atoms with E-state index in [-0.39, 0.29) is 5.78 Å². The van der Waals surface area contributed by atoms with Crippen LogP contribution in [0.4, 0.5) is 0 Å². The van der Waals surface area contributed by atoms with Gasteiger partial charge >= 0.3 is 0 Å². The summed E-state index contributed by atoms with van der Waals surface area (Å²) in [6, 6.07) is 11.6. The number of hydrogen-bond donors (Lipinski definition) is 0. The molecule has 0 aromatic heterocycles. The highest BCUT2D eigenvalue weighted by molar-refractivity contribution is 14.1. The minimum Gasteiger partial charge on any atom is -0.289 e. The van der Waals surface area contributed by atoms with Crippen molar-refractivity contribution >= 4 is 44.3 Å². The van der Waals surface area contributed by atoms with Crippen LogP contribution >= 0.6 is 38.5 Å². The lowest BCUT2D eigenvalue weighted by Gasteiger charge is -2.09. The zero-order valence-corrected chi connectivity index (χ0v) is 13.9. The van der Waals surface area contributed by atoms with Crippen LogP contribution in [0.5, 0.6) is 0 Å². The van der Waals surface area contributed by atoms with Crippen LogP contribution in [0.1, 0.15) is 27.0 Å². The van der Waals surface area contributed by atoms with Gasteiger partial charge in [-0.05, 0) is 71.8 Å². The van der Waals surface area contributed by atoms with Crippen molar-refractivity contribution in [3.63, 3.8) is 0 Å². The zero-order valence-electron chi connectivity index (χ0n) is 10.1. The Morgan fingerprint density at radius 3 is 2.39 bits per heavy atom. The molecular weight excluding hydrogens is 403 g/mol. The lowest BCUT2D eigenvalue weighted by molar-refractivity contribution is 0.103. The van der Waals surface area contributed by atoms with Crippen molar-refractivity contribution in [3.8, 4) is 0 Å². The number of hydrogen-bond acceptors (Lipinski definition) is 1. The fourth-order valence-corrected chi connectivity index (χ4v) is 2.91. The first kappa shape index (κ1) is 13.7. The van der Waals surface area contributed by atoms with E-state index in [0.29, 0.717) is 0 Å². The summed E-state index contributed by atoms with van der Waals surface area (Å²) in [4.78, 5) is 12.5. The van der Waals surface area contributed by atoms with E-state index in [1.54, 1.807) is 0 Å². The molecule has 0 N–H and O–H groups in total. The Bertz CT molecular complexity index is 620. The lowest BCUT2D eigenvalue weighted by atomic mass is 9.97. The Morgan fingerprint density at radius 1 is 1.06 bits per heavy atom. The molecule has 0 atom stereocenters. The Morgan fingerprint density at radius 2 is 1.72 bits per heavy atom. The third-order valence-corrected chi connectivity index (χ3v) is 4.66. The Hall–Kier alpha value is -0.680. The van der Waals surface area contributed by atoms with Crippen molar-refractivity contribution < 1.29 is 4.79 Å². The van der Waals surface area contributed by atoms with Crippen molar-refractivity contribution in [2.24, 2.45) is 0 Å². The number of carbonyl (C=O) groups excluding carboxylic acids is 1. The summed E-state index contributed by atoms with van der Waals surface area (Å²) >= 11 is 5.69. The van der Waals surface area contributed by atoms with E-state index in [2.05, 4.69) is 38.5 Å². The Balaban J connectivity index is 2.53. The monoisotopic (exact) mass is 414 g/mol. The number of rotatable bonds is 2. The van der Waals surface area contributed by atoms with Gasteiger partial charge < -0.3 is 0 Å². The highest BCUT2D eigenvalue weighted by atomic mass is 127. The van der Waals surface area contributed by atoms with Crippen LogP contribution in [-0.4, -0.2) is 5.78 Å². The van der Waals surface area contributed by atoms with Crippen molar-refractivity contribution in [2.75, 3.05) is 0 Å². The summed E-state index contributed by atoms with van der Waals surface area (Å²) in [6.07, 6.45) is 0. The molecule has 0 aliphatic rings. The zero-order chi connectivity index (χ0) is 13.3. The van der Waals surface area contributed by atoms with Crippen molar-refractivity contribution in [2.45, 2.75) is 13.8 Å². The van der Waals surface area contributed by atoms with Gasteiger partial charge in [-0.3, -0.25) is 4.79 Å². The Labute approximate surface area is 129 Å². The predicted octanol–water partition coefficient (Wildman–Crippen LogP) is 4.90. The lowest BCUT2D eigenvalue weighted by Crippen LogP contribution is -2.06. The van der Waals surface area contributed by atoms with Gasteiger partial charge in [0.05, 0.1) is 0 Å². The maximum atomic E-state index is 12.5. The molecule has 0 bridgehead atoms. The fourth-order valence-electron chi connectivity index (χ4n) is 1.82. The second-order valence-corrected chi connectivity index (χ2v) is 6.24. The first-order chi connectivity index (χ1) is 8.50. The average Bonchev–Trinajstić information content (AvgIpc) is 2.33. The number of halogens is 2. The molecule has 92 valence electrons. The summed E-state index contributed by atoms with van der Waals surface area (Å²) in [7, 11) is 0. The molecule has 0 heterocycles. The van der Waals surface area contributed by atoms with Crippen LogP contribution in [-0.2, 0) is 0 Å². The molecule has 0 unspecified atom stereocenters.